The average molecular weight is 300 g/mol. The molecule has 116 valence electrons. The lowest BCUT2D eigenvalue weighted by Gasteiger charge is -2.39. The van der Waals surface area contributed by atoms with E-state index in [0.29, 0.717) is 9.80 Å². The maximum atomic E-state index is 12.4. The van der Waals surface area contributed by atoms with Gasteiger partial charge in [0, 0.05) is 21.0 Å². The van der Waals surface area contributed by atoms with E-state index >= 15 is 0 Å². The smallest absolute Gasteiger partial charge is 0.333 e. The Bertz CT molecular complexity index is 505. The topological polar surface area (TPSA) is 118 Å². The van der Waals surface area contributed by atoms with Crippen molar-refractivity contribution in [3.8, 4) is 0 Å². The number of hydrogen-bond donors (Lipinski definition) is 1. The zero-order valence-electron chi connectivity index (χ0n) is 12.3. The molecule has 5 amide bonds. The summed E-state index contributed by atoms with van der Waals surface area (Å²) >= 11 is 0. The molecule has 1 fully saturated rings. The number of hydrogen-bond acceptors (Lipinski definition) is 7. The van der Waals surface area contributed by atoms with Gasteiger partial charge in [0.25, 0.3) is 17.4 Å². The Labute approximate surface area is 120 Å². The second-order valence-corrected chi connectivity index (χ2v) is 4.31. The summed E-state index contributed by atoms with van der Waals surface area (Å²) in [6.45, 7) is 2.44. The number of carbonyl (C=O) groups excluding carboxylic acids is 4. The quantitative estimate of drug-likeness (QED) is 0.398. The summed E-state index contributed by atoms with van der Waals surface area (Å²) in [6, 6.07) is -0.822. The molecule has 0 spiro atoms. The number of oxime groups is 1. The van der Waals surface area contributed by atoms with Crippen LogP contribution in [0.15, 0.2) is 5.16 Å². The first kappa shape index (κ1) is 16.6. The Morgan fingerprint density at radius 1 is 1.14 bits per heavy atom. The van der Waals surface area contributed by atoms with Gasteiger partial charge in [-0.3, -0.25) is 24.2 Å². The number of amides is 5. The molecule has 1 N–H and O–H groups in total. The van der Waals surface area contributed by atoms with Crippen LogP contribution < -0.4 is 5.48 Å². The van der Waals surface area contributed by atoms with Crippen molar-refractivity contribution < 1.29 is 28.9 Å². The first-order valence-corrected chi connectivity index (χ1v) is 5.83. The molecule has 0 radical (unpaired) electrons. The van der Waals surface area contributed by atoms with Crippen LogP contribution in [0.2, 0.25) is 0 Å². The summed E-state index contributed by atoms with van der Waals surface area (Å²) in [7, 11) is 3.57. The summed E-state index contributed by atoms with van der Waals surface area (Å²) < 4.78 is 0. The van der Waals surface area contributed by atoms with Gasteiger partial charge in [0.05, 0.1) is 0 Å². The Hall–Kier alpha value is -2.49. The fourth-order valence-electron chi connectivity index (χ4n) is 1.78. The zero-order chi connectivity index (χ0) is 16.4. The molecule has 0 aromatic carbocycles. The van der Waals surface area contributed by atoms with Crippen LogP contribution in [0.4, 0.5) is 4.79 Å². The predicted molar refractivity (Wildman–Crippen MR) is 68.7 cm³/mol. The largest absolute Gasteiger partial charge is 0.399 e. The van der Waals surface area contributed by atoms with Gasteiger partial charge in [0.1, 0.15) is 12.8 Å². The number of rotatable bonds is 4. The molecular formula is C11H16N4O6. The van der Waals surface area contributed by atoms with E-state index in [9.17, 15) is 19.2 Å². The van der Waals surface area contributed by atoms with E-state index in [1.807, 2.05) is 5.48 Å². The summed E-state index contributed by atoms with van der Waals surface area (Å²) in [4.78, 5) is 58.5. The van der Waals surface area contributed by atoms with E-state index < -0.39 is 29.4 Å². The van der Waals surface area contributed by atoms with Crippen molar-refractivity contribution in [3.05, 3.63) is 0 Å². The lowest BCUT2D eigenvalue weighted by molar-refractivity contribution is -0.176. The van der Waals surface area contributed by atoms with E-state index in [0.717, 1.165) is 6.92 Å². The molecule has 21 heavy (non-hydrogen) atoms. The van der Waals surface area contributed by atoms with Crippen LogP contribution in [0.5, 0.6) is 0 Å². The van der Waals surface area contributed by atoms with Gasteiger partial charge in [-0.15, -0.1) is 0 Å². The van der Waals surface area contributed by atoms with Crippen LogP contribution in [0.25, 0.3) is 0 Å². The Kier molecular flexibility index (Phi) is 4.63. The molecule has 0 bridgehead atoms. The van der Waals surface area contributed by atoms with Gasteiger partial charge in [-0.05, 0) is 6.92 Å². The van der Waals surface area contributed by atoms with E-state index in [1.165, 1.54) is 28.1 Å². The second kappa shape index (κ2) is 5.87. The molecule has 0 atom stereocenters. The Morgan fingerprint density at radius 3 is 2.00 bits per heavy atom. The minimum atomic E-state index is -2.29. The summed E-state index contributed by atoms with van der Waals surface area (Å²) in [6.07, 6.45) is 0. The monoisotopic (exact) mass is 300 g/mol. The molecule has 1 aliphatic heterocycles. The summed E-state index contributed by atoms with van der Waals surface area (Å²) in [5.74, 6) is -2.60. The van der Waals surface area contributed by atoms with Gasteiger partial charge in [-0.1, -0.05) is 5.16 Å². The van der Waals surface area contributed by atoms with Gasteiger partial charge in [-0.25, -0.2) is 15.1 Å². The van der Waals surface area contributed by atoms with Crippen LogP contribution in [-0.4, -0.2) is 66.1 Å². The van der Waals surface area contributed by atoms with Crippen LogP contribution in [0, 0.1) is 0 Å². The second-order valence-electron chi connectivity index (χ2n) is 4.31. The normalized spacial score (nSPS) is 18.9. The van der Waals surface area contributed by atoms with Crippen LogP contribution >= 0.6 is 0 Å². The highest BCUT2D eigenvalue weighted by molar-refractivity contribution is 6.34. The minimum absolute atomic E-state index is 0.167. The van der Waals surface area contributed by atoms with Crippen molar-refractivity contribution in [3.63, 3.8) is 0 Å². The van der Waals surface area contributed by atoms with Crippen molar-refractivity contribution in [2.45, 2.75) is 19.4 Å². The SMILES string of the molecule is CON=C(C)C1(ONC(C)=O)C(=O)N(C)C(=O)N(C)C1=O. The molecule has 0 unspecified atom stereocenters. The molecule has 1 rings (SSSR count). The Morgan fingerprint density at radius 2 is 1.62 bits per heavy atom. The van der Waals surface area contributed by atoms with E-state index in [1.54, 1.807) is 0 Å². The number of imide groups is 2. The highest BCUT2D eigenvalue weighted by Crippen LogP contribution is 2.25. The summed E-state index contributed by atoms with van der Waals surface area (Å²) in [5, 5.41) is 3.53. The fraction of sp³-hybridized carbons (Fsp3) is 0.545. The molecule has 1 aliphatic rings. The first-order valence-electron chi connectivity index (χ1n) is 5.83. The molecule has 1 saturated heterocycles. The van der Waals surface area contributed by atoms with Crippen LogP contribution in [0.1, 0.15) is 13.8 Å². The van der Waals surface area contributed by atoms with Crippen molar-refractivity contribution in [1.82, 2.24) is 15.3 Å². The van der Waals surface area contributed by atoms with Gasteiger partial charge in [0.15, 0.2) is 0 Å². The number of urea groups is 1. The third-order valence-electron chi connectivity index (χ3n) is 2.87. The standard InChI is InChI=1S/C11H16N4O6/c1-6(12-20-5)11(21-13-7(2)16)8(17)14(3)10(19)15(4)9(11)18/h1-5H3,(H,13,16). The maximum Gasteiger partial charge on any atom is 0.333 e. The fourth-order valence-corrected chi connectivity index (χ4v) is 1.78. The van der Waals surface area contributed by atoms with Crippen molar-refractivity contribution >= 4 is 29.5 Å². The van der Waals surface area contributed by atoms with Gasteiger partial charge in [-0.2, -0.15) is 0 Å². The van der Waals surface area contributed by atoms with Crippen LogP contribution in [0.3, 0.4) is 0 Å². The van der Waals surface area contributed by atoms with E-state index in [4.69, 9.17) is 4.84 Å². The molecule has 0 aromatic heterocycles. The minimum Gasteiger partial charge on any atom is -0.399 e. The molecular weight excluding hydrogens is 284 g/mol. The average Bonchev–Trinajstić information content (AvgIpc) is 2.43. The Balaban J connectivity index is 3.42. The van der Waals surface area contributed by atoms with Crippen molar-refractivity contribution in [2.75, 3.05) is 21.2 Å². The lowest BCUT2D eigenvalue weighted by Crippen LogP contribution is -2.72. The molecule has 0 aliphatic carbocycles. The third kappa shape index (κ3) is 2.57. The number of hydroxylamine groups is 1. The molecule has 10 nitrogen and oxygen atoms in total. The molecule has 0 aromatic rings. The number of nitrogens with one attached hydrogen (secondary N) is 1. The van der Waals surface area contributed by atoms with Crippen molar-refractivity contribution in [1.29, 1.82) is 0 Å². The van der Waals surface area contributed by atoms with E-state index in [2.05, 4.69) is 9.99 Å². The number of likely N-dealkylation sites (N-methyl/N-ethyl adjacent to an activating group) is 2. The van der Waals surface area contributed by atoms with Crippen molar-refractivity contribution in [2.24, 2.45) is 5.16 Å². The highest BCUT2D eigenvalue weighted by Gasteiger charge is 2.60. The van der Waals surface area contributed by atoms with E-state index in [-0.39, 0.29) is 5.71 Å². The third-order valence-corrected chi connectivity index (χ3v) is 2.87. The predicted octanol–water partition coefficient (Wildman–Crippen LogP) is -1.13. The summed E-state index contributed by atoms with van der Waals surface area (Å²) in [5.41, 5.74) is -0.529. The number of carbonyl (C=O) groups is 4. The van der Waals surface area contributed by atoms with Gasteiger partial charge >= 0.3 is 6.03 Å². The highest BCUT2D eigenvalue weighted by atomic mass is 16.7. The van der Waals surface area contributed by atoms with Gasteiger partial charge < -0.3 is 4.84 Å². The first-order chi connectivity index (χ1) is 9.70. The number of nitrogens with zero attached hydrogens (tertiary/aromatic N) is 3. The molecule has 10 heteroatoms. The molecule has 1 heterocycles. The van der Waals surface area contributed by atoms with Crippen LogP contribution in [-0.2, 0) is 24.1 Å². The van der Waals surface area contributed by atoms with Gasteiger partial charge in [0.2, 0.25) is 5.91 Å². The number of barbiturate groups is 1. The molecule has 0 saturated carbocycles. The lowest BCUT2D eigenvalue weighted by atomic mass is 9.93. The zero-order valence-corrected chi connectivity index (χ0v) is 12.3. The maximum absolute atomic E-state index is 12.4.